The van der Waals surface area contributed by atoms with Crippen LogP contribution in [0.5, 0.6) is 0 Å². The average Bonchev–Trinajstić information content (AvgIpc) is 3.11. The number of carbonyl (C=O) groups is 1. The van der Waals surface area contributed by atoms with Crippen LogP contribution in [0.1, 0.15) is 38.5 Å². The summed E-state index contributed by atoms with van der Waals surface area (Å²) in [5.74, 6) is 0.519. The standard InChI is InChI=1S/C15H21N3O2/c19-14-8-3-9-16-18(14)11-13-7-4-10-17(13)15(20)12-5-1-2-6-12/h3,8-9,12-13H,1-2,4-7,10-11H2. The molecule has 1 saturated heterocycles. The number of rotatable bonds is 3. The quantitative estimate of drug-likeness (QED) is 0.838. The second kappa shape index (κ2) is 5.77. The molecule has 1 aromatic heterocycles. The van der Waals surface area contributed by atoms with Gasteiger partial charge in [0.1, 0.15) is 0 Å². The fourth-order valence-electron chi connectivity index (χ4n) is 3.45. The van der Waals surface area contributed by atoms with Gasteiger partial charge in [0, 0.05) is 24.7 Å². The van der Waals surface area contributed by atoms with Crippen molar-refractivity contribution in [2.75, 3.05) is 6.54 Å². The molecule has 1 unspecified atom stereocenters. The molecule has 3 rings (SSSR count). The first kappa shape index (κ1) is 13.3. The fourth-order valence-corrected chi connectivity index (χ4v) is 3.45. The van der Waals surface area contributed by atoms with Crippen LogP contribution >= 0.6 is 0 Å². The zero-order valence-corrected chi connectivity index (χ0v) is 11.7. The van der Waals surface area contributed by atoms with E-state index in [9.17, 15) is 9.59 Å². The van der Waals surface area contributed by atoms with E-state index in [1.807, 2.05) is 4.90 Å². The minimum Gasteiger partial charge on any atom is -0.338 e. The number of hydrogen-bond donors (Lipinski definition) is 0. The molecule has 1 atom stereocenters. The van der Waals surface area contributed by atoms with Crippen LogP contribution in [0.25, 0.3) is 0 Å². The van der Waals surface area contributed by atoms with Crippen molar-refractivity contribution in [3.63, 3.8) is 0 Å². The zero-order chi connectivity index (χ0) is 13.9. The molecule has 0 bridgehead atoms. The minimum absolute atomic E-state index is 0.0901. The second-order valence-electron chi connectivity index (χ2n) is 5.85. The maximum Gasteiger partial charge on any atom is 0.266 e. The number of amides is 1. The van der Waals surface area contributed by atoms with Crippen LogP contribution in [0.4, 0.5) is 0 Å². The third-order valence-electron chi connectivity index (χ3n) is 4.53. The molecule has 5 nitrogen and oxygen atoms in total. The zero-order valence-electron chi connectivity index (χ0n) is 11.7. The van der Waals surface area contributed by atoms with E-state index in [4.69, 9.17) is 0 Å². The first-order chi connectivity index (χ1) is 9.75. The summed E-state index contributed by atoms with van der Waals surface area (Å²) in [4.78, 5) is 26.3. The van der Waals surface area contributed by atoms with Crippen LogP contribution in [0, 0.1) is 5.92 Å². The van der Waals surface area contributed by atoms with Crippen LogP contribution < -0.4 is 5.56 Å². The molecule has 0 N–H and O–H groups in total. The molecule has 5 heteroatoms. The Labute approximate surface area is 118 Å². The SMILES string of the molecule is O=C(C1CCCC1)N1CCCC1Cn1ncccc1=O. The molecule has 0 radical (unpaired) electrons. The largest absolute Gasteiger partial charge is 0.338 e. The molecule has 2 fully saturated rings. The summed E-state index contributed by atoms with van der Waals surface area (Å²) in [7, 11) is 0. The van der Waals surface area contributed by atoms with Gasteiger partial charge in [0.05, 0.1) is 12.6 Å². The molecule has 2 heterocycles. The van der Waals surface area contributed by atoms with Crippen LogP contribution in [-0.4, -0.2) is 33.2 Å². The molecule has 2 aliphatic rings. The van der Waals surface area contributed by atoms with Gasteiger partial charge < -0.3 is 4.90 Å². The van der Waals surface area contributed by atoms with E-state index >= 15 is 0 Å². The summed E-state index contributed by atoms with van der Waals surface area (Å²) in [6.07, 6.45) is 8.05. The average molecular weight is 275 g/mol. The Hall–Kier alpha value is -1.65. The van der Waals surface area contributed by atoms with Crippen molar-refractivity contribution in [3.8, 4) is 0 Å². The summed E-state index contributed by atoms with van der Waals surface area (Å²) in [5, 5.41) is 4.10. The number of hydrogen-bond acceptors (Lipinski definition) is 3. The fraction of sp³-hybridized carbons (Fsp3) is 0.667. The number of carbonyl (C=O) groups excluding carboxylic acids is 1. The minimum atomic E-state index is -0.0901. The van der Waals surface area contributed by atoms with Crippen molar-refractivity contribution in [3.05, 3.63) is 28.7 Å². The van der Waals surface area contributed by atoms with E-state index in [0.29, 0.717) is 12.5 Å². The van der Waals surface area contributed by atoms with Gasteiger partial charge in [-0.1, -0.05) is 12.8 Å². The monoisotopic (exact) mass is 275 g/mol. The van der Waals surface area contributed by atoms with E-state index in [1.165, 1.54) is 23.6 Å². The van der Waals surface area contributed by atoms with Gasteiger partial charge in [-0.3, -0.25) is 9.59 Å². The van der Waals surface area contributed by atoms with Crippen LogP contribution in [0.2, 0.25) is 0 Å². The van der Waals surface area contributed by atoms with Gasteiger partial charge in [-0.05, 0) is 31.7 Å². The molecule has 20 heavy (non-hydrogen) atoms. The lowest BCUT2D eigenvalue weighted by molar-refractivity contribution is -0.136. The highest BCUT2D eigenvalue weighted by Gasteiger charge is 2.34. The van der Waals surface area contributed by atoms with Gasteiger partial charge in [0.2, 0.25) is 5.91 Å². The highest BCUT2D eigenvalue weighted by atomic mass is 16.2. The van der Waals surface area contributed by atoms with Crippen molar-refractivity contribution in [1.29, 1.82) is 0 Å². The highest BCUT2D eigenvalue weighted by molar-refractivity contribution is 5.79. The van der Waals surface area contributed by atoms with Crippen LogP contribution in [0.3, 0.4) is 0 Å². The van der Waals surface area contributed by atoms with Crippen molar-refractivity contribution in [2.24, 2.45) is 5.92 Å². The molecule has 108 valence electrons. The predicted octanol–water partition coefficient (Wildman–Crippen LogP) is 1.42. The van der Waals surface area contributed by atoms with Gasteiger partial charge in [-0.25, -0.2) is 4.68 Å². The predicted molar refractivity (Wildman–Crippen MR) is 75.2 cm³/mol. The Balaban J connectivity index is 1.71. The molecule has 1 aromatic rings. The van der Waals surface area contributed by atoms with Gasteiger partial charge in [0.15, 0.2) is 0 Å². The van der Waals surface area contributed by atoms with Gasteiger partial charge in [-0.15, -0.1) is 0 Å². The van der Waals surface area contributed by atoms with E-state index in [1.54, 1.807) is 12.3 Å². The van der Waals surface area contributed by atoms with Crippen molar-refractivity contribution >= 4 is 5.91 Å². The lowest BCUT2D eigenvalue weighted by Gasteiger charge is -2.27. The molecule has 1 amide bonds. The number of likely N-dealkylation sites (tertiary alicyclic amines) is 1. The maximum absolute atomic E-state index is 12.6. The van der Waals surface area contributed by atoms with E-state index in [2.05, 4.69) is 5.10 Å². The summed E-state index contributed by atoms with van der Waals surface area (Å²) < 4.78 is 1.48. The Morgan fingerprint density at radius 3 is 2.80 bits per heavy atom. The van der Waals surface area contributed by atoms with Gasteiger partial charge in [-0.2, -0.15) is 5.10 Å². The van der Waals surface area contributed by atoms with Crippen molar-refractivity contribution in [1.82, 2.24) is 14.7 Å². The summed E-state index contributed by atoms with van der Waals surface area (Å²) in [5.41, 5.74) is -0.0901. The van der Waals surface area contributed by atoms with E-state index < -0.39 is 0 Å². The molecule has 0 aromatic carbocycles. The van der Waals surface area contributed by atoms with E-state index in [-0.39, 0.29) is 17.5 Å². The lowest BCUT2D eigenvalue weighted by Crippen LogP contribution is -2.42. The Morgan fingerprint density at radius 2 is 2.05 bits per heavy atom. The Bertz CT molecular complexity index is 534. The van der Waals surface area contributed by atoms with Crippen molar-refractivity contribution < 1.29 is 4.79 Å². The van der Waals surface area contributed by atoms with Gasteiger partial charge in [0.25, 0.3) is 5.56 Å². The molecule has 1 saturated carbocycles. The van der Waals surface area contributed by atoms with Crippen LogP contribution in [-0.2, 0) is 11.3 Å². The highest BCUT2D eigenvalue weighted by Crippen LogP contribution is 2.29. The Kier molecular flexibility index (Phi) is 3.85. The third-order valence-corrected chi connectivity index (χ3v) is 4.53. The van der Waals surface area contributed by atoms with Crippen molar-refractivity contribution in [2.45, 2.75) is 51.1 Å². The topological polar surface area (TPSA) is 55.2 Å². The van der Waals surface area contributed by atoms with Crippen LogP contribution in [0.15, 0.2) is 23.1 Å². The number of aromatic nitrogens is 2. The smallest absolute Gasteiger partial charge is 0.266 e. The summed E-state index contributed by atoms with van der Waals surface area (Å²) in [6, 6.07) is 3.30. The third kappa shape index (κ3) is 2.62. The summed E-state index contributed by atoms with van der Waals surface area (Å²) in [6.45, 7) is 1.36. The molecule has 1 aliphatic heterocycles. The maximum atomic E-state index is 12.6. The Morgan fingerprint density at radius 1 is 1.25 bits per heavy atom. The summed E-state index contributed by atoms with van der Waals surface area (Å²) >= 11 is 0. The molecular weight excluding hydrogens is 254 g/mol. The lowest BCUT2D eigenvalue weighted by atomic mass is 10.1. The van der Waals surface area contributed by atoms with E-state index in [0.717, 1.165) is 32.2 Å². The first-order valence-corrected chi connectivity index (χ1v) is 7.58. The normalized spacial score (nSPS) is 23.4. The second-order valence-corrected chi connectivity index (χ2v) is 5.85. The number of nitrogens with zero attached hydrogens (tertiary/aromatic N) is 3. The van der Waals surface area contributed by atoms with Gasteiger partial charge >= 0.3 is 0 Å². The molecular formula is C15H21N3O2. The molecule has 1 aliphatic carbocycles. The molecule has 0 spiro atoms. The first-order valence-electron chi connectivity index (χ1n) is 7.58.